The minimum atomic E-state index is 0.533. The summed E-state index contributed by atoms with van der Waals surface area (Å²) in [5, 5.41) is 7.60. The molecule has 0 fully saturated rings. The molecule has 0 atom stereocenters. The summed E-state index contributed by atoms with van der Waals surface area (Å²) in [6.07, 6.45) is 3.20. The van der Waals surface area contributed by atoms with E-state index in [4.69, 9.17) is 0 Å². The normalized spacial score (nSPS) is 11.1. The Labute approximate surface area is 80.1 Å². The highest BCUT2D eigenvalue weighted by Gasteiger charge is 2.02. The Kier molecular flexibility index (Phi) is 3.96. The highest BCUT2D eigenvalue weighted by atomic mass is 15.3. The van der Waals surface area contributed by atoms with Crippen molar-refractivity contribution < 1.29 is 0 Å². The number of hydrogen-bond donors (Lipinski definition) is 1. The van der Waals surface area contributed by atoms with Crippen LogP contribution in [0.2, 0.25) is 0 Å². The van der Waals surface area contributed by atoms with Crippen molar-refractivity contribution in [3.63, 3.8) is 0 Å². The Morgan fingerprint density at radius 1 is 1.54 bits per heavy atom. The summed E-state index contributed by atoms with van der Waals surface area (Å²) in [5.41, 5.74) is 1.18. The van der Waals surface area contributed by atoms with Crippen molar-refractivity contribution in [2.75, 3.05) is 13.6 Å². The van der Waals surface area contributed by atoms with E-state index in [1.807, 2.05) is 11.7 Å². The van der Waals surface area contributed by atoms with Crippen molar-refractivity contribution in [2.45, 2.75) is 32.7 Å². The first-order valence-electron chi connectivity index (χ1n) is 4.92. The summed E-state index contributed by atoms with van der Waals surface area (Å²) in [6, 6.07) is 2.10. The molecule has 1 rings (SSSR count). The quantitative estimate of drug-likeness (QED) is 0.699. The summed E-state index contributed by atoms with van der Waals surface area (Å²) in [6.45, 7) is 6.39. The van der Waals surface area contributed by atoms with Crippen LogP contribution in [0.25, 0.3) is 0 Å². The number of nitrogens with one attached hydrogen (secondary N) is 1. The van der Waals surface area contributed by atoms with Gasteiger partial charge < -0.3 is 5.32 Å². The molecule has 1 heterocycles. The van der Waals surface area contributed by atoms with E-state index in [0.29, 0.717) is 5.92 Å². The topological polar surface area (TPSA) is 29.9 Å². The molecule has 0 amide bonds. The van der Waals surface area contributed by atoms with E-state index >= 15 is 0 Å². The van der Waals surface area contributed by atoms with Crippen LogP contribution >= 0.6 is 0 Å². The second-order valence-electron chi connectivity index (χ2n) is 3.62. The summed E-state index contributed by atoms with van der Waals surface area (Å²) < 4.78 is 2.02. The fraction of sp³-hybridized carbons (Fsp3) is 0.700. The maximum absolute atomic E-state index is 4.47. The third-order valence-electron chi connectivity index (χ3n) is 2.07. The van der Waals surface area contributed by atoms with Crippen molar-refractivity contribution in [1.29, 1.82) is 0 Å². The second-order valence-corrected chi connectivity index (χ2v) is 3.62. The molecule has 0 spiro atoms. The molecule has 13 heavy (non-hydrogen) atoms. The Morgan fingerprint density at radius 2 is 2.31 bits per heavy atom. The fourth-order valence-electron chi connectivity index (χ4n) is 1.23. The number of nitrogens with zero attached hydrogens (tertiary/aromatic N) is 2. The predicted octanol–water partition coefficient (Wildman–Crippen LogP) is 1.62. The van der Waals surface area contributed by atoms with E-state index < -0.39 is 0 Å². The average molecular weight is 181 g/mol. The molecule has 0 aliphatic rings. The van der Waals surface area contributed by atoms with E-state index in [-0.39, 0.29) is 0 Å². The van der Waals surface area contributed by atoms with Crippen molar-refractivity contribution >= 4 is 0 Å². The van der Waals surface area contributed by atoms with Crippen LogP contribution in [0.4, 0.5) is 0 Å². The maximum atomic E-state index is 4.47. The van der Waals surface area contributed by atoms with Gasteiger partial charge in [-0.05, 0) is 32.0 Å². The SMILES string of the molecule is CNCCCn1ccc(C(C)C)n1. The molecule has 3 nitrogen and oxygen atoms in total. The Hall–Kier alpha value is -0.830. The molecule has 0 aromatic carbocycles. The summed E-state index contributed by atoms with van der Waals surface area (Å²) in [5.74, 6) is 0.533. The van der Waals surface area contributed by atoms with Crippen LogP contribution in [0.1, 0.15) is 31.9 Å². The summed E-state index contributed by atoms with van der Waals surface area (Å²) >= 11 is 0. The molecule has 0 aliphatic heterocycles. The molecular weight excluding hydrogens is 162 g/mol. The standard InChI is InChI=1S/C10H19N3/c1-9(2)10-5-8-13(12-10)7-4-6-11-3/h5,8-9,11H,4,6-7H2,1-3H3. The van der Waals surface area contributed by atoms with E-state index in [1.165, 1.54) is 5.69 Å². The third-order valence-corrected chi connectivity index (χ3v) is 2.07. The Bertz CT molecular complexity index is 240. The molecule has 0 unspecified atom stereocenters. The zero-order chi connectivity index (χ0) is 9.68. The summed E-state index contributed by atoms with van der Waals surface area (Å²) in [7, 11) is 1.97. The molecule has 74 valence electrons. The van der Waals surface area contributed by atoms with Crippen LogP contribution in [-0.4, -0.2) is 23.4 Å². The van der Waals surface area contributed by atoms with Gasteiger partial charge in [-0.25, -0.2) is 0 Å². The van der Waals surface area contributed by atoms with Gasteiger partial charge in [0.2, 0.25) is 0 Å². The smallest absolute Gasteiger partial charge is 0.0649 e. The first kappa shape index (κ1) is 10.3. The number of aryl methyl sites for hydroxylation is 1. The van der Waals surface area contributed by atoms with Gasteiger partial charge in [-0.2, -0.15) is 5.10 Å². The van der Waals surface area contributed by atoms with E-state index in [9.17, 15) is 0 Å². The van der Waals surface area contributed by atoms with E-state index in [2.05, 4.69) is 36.5 Å². The highest BCUT2D eigenvalue weighted by Crippen LogP contribution is 2.10. The fourth-order valence-corrected chi connectivity index (χ4v) is 1.23. The lowest BCUT2D eigenvalue weighted by Gasteiger charge is -2.01. The molecule has 0 aliphatic carbocycles. The van der Waals surface area contributed by atoms with Crippen LogP contribution in [0.3, 0.4) is 0 Å². The Balaban J connectivity index is 2.40. The molecule has 1 aromatic heterocycles. The van der Waals surface area contributed by atoms with Gasteiger partial charge >= 0.3 is 0 Å². The van der Waals surface area contributed by atoms with Crippen molar-refractivity contribution in [1.82, 2.24) is 15.1 Å². The molecule has 0 saturated heterocycles. The number of rotatable bonds is 5. The van der Waals surface area contributed by atoms with Crippen molar-refractivity contribution in [3.05, 3.63) is 18.0 Å². The molecule has 0 bridgehead atoms. The first-order valence-corrected chi connectivity index (χ1v) is 4.92. The largest absolute Gasteiger partial charge is 0.320 e. The number of aromatic nitrogens is 2. The van der Waals surface area contributed by atoms with Gasteiger partial charge in [-0.3, -0.25) is 4.68 Å². The first-order chi connectivity index (χ1) is 6.24. The zero-order valence-corrected chi connectivity index (χ0v) is 8.75. The third kappa shape index (κ3) is 3.19. The number of hydrogen-bond acceptors (Lipinski definition) is 2. The van der Waals surface area contributed by atoms with Gasteiger partial charge in [0.15, 0.2) is 0 Å². The van der Waals surface area contributed by atoms with Crippen LogP contribution in [0.5, 0.6) is 0 Å². The van der Waals surface area contributed by atoms with E-state index in [1.54, 1.807) is 0 Å². The van der Waals surface area contributed by atoms with Gasteiger partial charge in [-0.1, -0.05) is 13.8 Å². The summed E-state index contributed by atoms with van der Waals surface area (Å²) in [4.78, 5) is 0. The van der Waals surface area contributed by atoms with Gasteiger partial charge in [0.1, 0.15) is 0 Å². The average Bonchev–Trinajstić information content (AvgIpc) is 2.53. The van der Waals surface area contributed by atoms with Gasteiger partial charge in [0.25, 0.3) is 0 Å². The van der Waals surface area contributed by atoms with E-state index in [0.717, 1.165) is 19.5 Å². The lowest BCUT2D eigenvalue weighted by atomic mass is 10.1. The minimum absolute atomic E-state index is 0.533. The van der Waals surface area contributed by atoms with Crippen LogP contribution in [0.15, 0.2) is 12.3 Å². The van der Waals surface area contributed by atoms with Gasteiger partial charge in [-0.15, -0.1) is 0 Å². The van der Waals surface area contributed by atoms with Crippen LogP contribution in [0, 0.1) is 0 Å². The molecule has 0 radical (unpaired) electrons. The molecule has 1 N–H and O–H groups in total. The molecule has 0 saturated carbocycles. The minimum Gasteiger partial charge on any atom is -0.320 e. The maximum Gasteiger partial charge on any atom is 0.0649 e. The van der Waals surface area contributed by atoms with Crippen molar-refractivity contribution in [3.8, 4) is 0 Å². The molecule has 1 aromatic rings. The second kappa shape index (κ2) is 5.02. The zero-order valence-electron chi connectivity index (χ0n) is 8.75. The Morgan fingerprint density at radius 3 is 2.85 bits per heavy atom. The van der Waals surface area contributed by atoms with Crippen LogP contribution < -0.4 is 5.32 Å². The predicted molar refractivity (Wildman–Crippen MR) is 54.9 cm³/mol. The van der Waals surface area contributed by atoms with Gasteiger partial charge in [0.05, 0.1) is 5.69 Å². The van der Waals surface area contributed by atoms with Crippen LogP contribution in [-0.2, 0) is 6.54 Å². The monoisotopic (exact) mass is 181 g/mol. The lowest BCUT2D eigenvalue weighted by Crippen LogP contribution is -2.11. The molecular formula is C10H19N3. The van der Waals surface area contributed by atoms with Gasteiger partial charge in [0, 0.05) is 12.7 Å². The lowest BCUT2D eigenvalue weighted by molar-refractivity contribution is 0.553. The van der Waals surface area contributed by atoms with Crippen molar-refractivity contribution in [2.24, 2.45) is 0 Å². The molecule has 3 heteroatoms. The highest BCUT2D eigenvalue weighted by molar-refractivity contribution is 5.03.